The van der Waals surface area contributed by atoms with E-state index in [0.29, 0.717) is 0 Å². The SMILES string of the molecule is COc1ccc(/N=N/c2cc(OC)c(OC(F)(F)F)c(OC)c2)cc1OP(=O)(O)O. The molecule has 0 saturated carbocycles. The maximum Gasteiger partial charge on any atom is 0.573 e. The average Bonchev–Trinajstić information content (AvgIpc) is 2.64. The minimum absolute atomic E-state index is 0.0364. The molecule has 2 aromatic rings. The fourth-order valence-electron chi connectivity index (χ4n) is 2.18. The van der Waals surface area contributed by atoms with Gasteiger partial charge >= 0.3 is 14.2 Å². The molecular formula is C16H16F3N2O8P. The van der Waals surface area contributed by atoms with Gasteiger partial charge in [-0.15, -0.1) is 13.2 Å². The van der Waals surface area contributed by atoms with Gasteiger partial charge in [-0.25, -0.2) is 4.57 Å². The van der Waals surface area contributed by atoms with Crippen LogP contribution in [0.1, 0.15) is 0 Å². The molecule has 0 heterocycles. The van der Waals surface area contributed by atoms with Crippen molar-refractivity contribution in [1.82, 2.24) is 0 Å². The third-order valence-electron chi connectivity index (χ3n) is 3.31. The van der Waals surface area contributed by atoms with Crippen LogP contribution in [0.25, 0.3) is 0 Å². The molecule has 0 aliphatic heterocycles. The van der Waals surface area contributed by atoms with Crippen LogP contribution in [-0.2, 0) is 4.57 Å². The number of phosphoric ester groups is 1. The molecule has 0 unspecified atom stereocenters. The topological polar surface area (TPSA) is 128 Å². The van der Waals surface area contributed by atoms with Gasteiger partial charge in [-0.2, -0.15) is 10.2 Å². The first-order valence-corrected chi connectivity index (χ1v) is 9.35. The smallest absolute Gasteiger partial charge is 0.493 e. The van der Waals surface area contributed by atoms with Crippen molar-refractivity contribution in [3.8, 4) is 28.7 Å². The zero-order valence-electron chi connectivity index (χ0n) is 15.7. The number of nitrogens with zero attached hydrogens (tertiary/aromatic N) is 2. The van der Waals surface area contributed by atoms with Gasteiger partial charge in [0.15, 0.2) is 23.0 Å². The van der Waals surface area contributed by atoms with Crippen molar-refractivity contribution in [2.75, 3.05) is 21.3 Å². The molecule has 164 valence electrons. The predicted octanol–water partition coefficient (Wildman–Crippen LogP) is 4.50. The number of benzene rings is 2. The van der Waals surface area contributed by atoms with Gasteiger partial charge in [0.1, 0.15) is 0 Å². The molecule has 30 heavy (non-hydrogen) atoms. The van der Waals surface area contributed by atoms with Gasteiger partial charge in [-0.05, 0) is 12.1 Å². The Hall–Kier alpha value is -3.02. The summed E-state index contributed by atoms with van der Waals surface area (Å²) in [5.41, 5.74) is 0.152. The lowest BCUT2D eigenvalue weighted by Gasteiger charge is -2.16. The summed E-state index contributed by atoms with van der Waals surface area (Å²) in [6.07, 6.45) is -4.97. The molecule has 0 atom stereocenters. The molecule has 0 amide bonds. The minimum Gasteiger partial charge on any atom is -0.493 e. The minimum atomic E-state index is -4.97. The molecular weight excluding hydrogens is 436 g/mol. The first-order chi connectivity index (χ1) is 14.0. The summed E-state index contributed by atoms with van der Waals surface area (Å²) in [6.45, 7) is 0. The fourth-order valence-corrected chi connectivity index (χ4v) is 2.58. The maximum absolute atomic E-state index is 12.6. The molecule has 2 N–H and O–H groups in total. The Labute approximate surface area is 168 Å². The van der Waals surface area contributed by atoms with Gasteiger partial charge in [0.05, 0.1) is 32.7 Å². The first-order valence-electron chi connectivity index (χ1n) is 7.82. The van der Waals surface area contributed by atoms with Gasteiger partial charge in [-0.1, -0.05) is 0 Å². The predicted molar refractivity (Wildman–Crippen MR) is 96.1 cm³/mol. The first kappa shape index (κ1) is 23.3. The van der Waals surface area contributed by atoms with Crippen LogP contribution in [0.15, 0.2) is 40.6 Å². The molecule has 0 aliphatic carbocycles. The summed E-state index contributed by atoms with van der Waals surface area (Å²) < 4.78 is 72.1. The van der Waals surface area contributed by atoms with E-state index in [-0.39, 0.29) is 34.4 Å². The normalized spacial score (nSPS) is 12.0. The van der Waals surface area contributed by atoms with E-state index in [1.807, 2.05) is 0 Å². The highest BCUT2D eigenvalue weighted by molar-refractivity contribution is 7.46. The second kappa shape index (κ2) is 9.20. The summed E-state index contributed by atoms with van der Waals surface area (Å²) in [5, 5.41) is 7.72. The number of methoxy groups -OCH3 is 3. The Morgan fingerprint density at radius 2 is 1.33 bits per heavy atom. The summed E-state index contributed by atoms with van der Waals surface area (Å²) in [6, 6.07) is 6.15. The number of alkyl halides is 3. The van der Waals surface area contributed by atoms with Crippen LogP contribution in [0.4, 0.5) is 24.5 Å². The lowest BCUT2D eigenvalue weighted by atomic mass is 10.2. The van der Waals surface area contributed by atoms with Crippen LogP contribution in [-0.4, -0.2) is 37.5 Å². The Kier molecular flexibility index (Phi) is 7.13. The highest BCUT2D eigenvalue weighted by atomic mass is 31.2. The molecule has 0 radical (unpaired) electrons. The number of azo groups is 1. The second-order valence-corrected chi connectivity index (χ2v) is 6.51. The van der Waals surface area contributed by atoms with Crippen LogP contribution in [0.2, 0.25) is 0 Å². The van der Waals surface area contributed by atoms with E-state index >= 15 is 0 Å². The van der Waals surface area contributed by atoms with Crippen molar-refractivity contribution in [1.29, 1.82) is 0 Å². The molecule has 0 fully saturated rings. The number of hydrogen-bond acceptors (Lipinski definition) is 8. The Morgan fingerprint density at radius 3 is 1.80 bits per heavy atom. The van der Waals surface area contributed by atoms with Gasteiger partial charge in [0.25, 0.3) is 0 Å². The molecule has 0 spiro atoms. The Morgan fingerprint density at radius 1 is 0.833 bits per heavy atom. The summed E-state index contributed by atoms with van der Waals surface area (Å²) >= 11 is 0. The van der Waals surface area contributed by atoms with Crippen molar-refractivity contribution in [2.24, 2.45) is 10.2 Å². The van der Waals surface area contributed by atoms with E-state index in [9.17, 15) is 17.7 Å². The molecule has 0 bridgehead atoms. The lowest BCUT2D eigenvalue weighted by molar-refractivity contribution is -0.275. The van der Waals surface area contributed by atoms with Crippen molar-refractivity contribution in [2.45, 2.75) is 6.36 Å². The van der Waals surface area contributed by atoms with Crippen molar-refractivity contribution >= 4 is 19.2 Å². The van der Waals surface area contributed by atoms with Crippen molar-refractivity contribution < 1.29 is 51.0 Å². The highest BCUT2D eigenvalue weighted by Crippen LogP contribution is 2.45. The van der Waals surface area contributed by atoms with Crippen LogP contribution in [0.3, 0.4) is 0 Å². The quantitative estimate of drug-likeness (QED) is 0.443. The van der Waals surface area contributed by atoms with E-state index in [1.165, 1.54) is 19.2 Å². The van der Waals surface area contributed by atoms with Gasteiger partial charge < -0.3 is 23.5 Å². The number of hydrogen-bond donors (Lipinski definition) is 2. The van der Waals surface area contributed by atoms with Crippen molar-refractivity contribution in [3.63, 3.8) is 0 Å². The van der Waals surface area contributed by atoms with Crippen LogP contribution >= 0.6 is 7.82 Å². The second-order valence-electron chi connectivity index (χ2n) is 5.34. The molecule has 0 aromatic heterocycles. The van der Waals surface area contributed by atoms with Crippen molar-refractivity contribution in [3.05, 3.63) is 30.3 Å². The van der Waals surface area contributed by atoms with Gasteiger partial charge in [-0.3, -0.25) is 9.79 Å². The molecule has 0 aliphatic rings. The summed E-state index contributed by atoms with van der Waals surface area (Å²) in [5.74, 6) is -1.55. The number of rotatable bonds is 8. The largest absolute Gasteiger partial charge is 0.573 e. The zero-order valence-corrected chi connectivity index (χ0v) is 16.6. The lowest BCUT2D eigenvalue weighted by Crippen LogP contribution is -2.18. The fraction of sp³-hybridized carbons (Fsp3) is 0.250. The monoisotopic (exact) mass is 452 g/mol. The van der Waals surface area contributed by atoms with Crippen LogP contribution < -0.4 is 23.5 Å². The summed E-state index contributed by atoms with van der Waals surface area (Å²) in [7, 11) is -1.32. The molecule has 14 heteroatoms. The molecule has 0 saturated heterocycles. The van der Waals surface area contributed by atoms with E-state index in [4.69, 9.17) is 24.0 Å². The summed E-state index contributed by atoms with van der Waals surface area (Å²) in [4.78, 5) is 17.9. The molecule has 2 rings (SSSR count). The van der Waals surface area contributed by atoms with E-state index in [1.54, 1.807) is 0 Å². The van der Waals surface area contributed by atoms with E-state index in [0.717, 1.165) is 32.4 Å². The third kappa shape index (κ3) is 6.51. The zero-order chi connectivity index (χ0) is 22.5. The average molecular weight is 452 g/mol. The molecule has 2 aromatic carbocycles. The number of phosphoric acid groups is 1. The van der Waals surface area contributed by atoms with Crippen LogP contribution in [0, 0.1) is 0 Å². The Balaban J connectivity index is 2.40. The standard InChI is InChI=1S/C16H16F3N2O8P/c1-25-11-5-4-9(6-12(11)29-30(22,23)24)20-21-10-7-13(26-2)15(14(8-10)27-3)28-16(17,18)19/h4-8H,1-3H3,(H2,22,23,24)/b21-20+. The van der Waals surface area contributed by atoms with Gasteiger partial charge in [0.2, 0.25) is 5.75 Å². The van der Waals surface area contributed by atoms with E-state index in [2.05, 4.69) is 19.5 Å². The number of ether oxygens (including phenoxy) is 4. The number of halogens is 3. The van der Waals surface area contributed by atoms with Gasteiger partial charge in [0, 0.05) is 18.2 Å². The van der Waals surface area contributed by atoms with Crippen LogP contribution in [0.5, 0.6) is 28.7 Å². The maximum atomic E-state index is 12.6. The molecule has 10 nitrogen and oxygen atoms in total. The Bertz CT molecular complexity index is 952. The third-order valence-corrected chi connectivity index (χ3v) is 3.74. The van der Waals surface area contributed by atoms with E-state index < -0.39 is 19.9 Å². The highest BCUT2D eigenvalue weighted by Gasteiger charge is 2.34.